The van der Waals surface area contributed by atoms with Crippen molar-refractivity contribution in [3.05, 3.63) is 58.1 Å². The number of allylic oxidation sites excluding steroid dienone is 4. The molecule has 0 unspecified atom stereocenters. The van der Waals surface area contributed by atoms with E-state index in [9.17, 15) is 4.79 Å². The van der Waals surface area contributed by atoms with Gasteiger partial charge in [-0.15, -0.1) is 0 Å². The first kappa shape index (κ1) is 49.6. The summed E-state index contributed by atoms with van der Waals surface area (Å²) in [4.78, 5) is 12.8. The van der Waals surface area contributed by atoms with E-state index in [1.54, 1.807) is 7.11 Å². The van der Waals surface area contributed by atoms with Crippen LogP contribution in [0.5, 0.6) is 5.75 Å². The Morgan fingerprint density at radius 2 is 1.67 bits per heavy atom. The van der Waals surface area contributed by atoms with Gasteiger partial charge >= 0.3 is 0 Å². The lowest BCUT2D eigenvalue weighted by Gasteiger charge is -2.25. The van der Waals surface area contributed by atoms with Crippen molar-refractivity contribution in [2.24, 2.45) is 0 Å². The van der Waals surface area contributed by atoms with Crippen molar-refractivity contribution in [2.75, 3.05) is 46.7 Å². The van der Waals surface area contributed by atoms with Gasteiger partial charge in [0.05, 0.1) is 12.8 Å². The van der Waals surface area contributed by atoms with Gasteiger partial charge in [-0.3, -0.25) is 4.79 Å². The number of anilines is 1. The summed E-state index contributed by atoms with van der Waals surface area (Å²) < 4.78 is 5.32. The number of unbranched alkanes of at least 4 members (excludes halogenated alkanes) is 2. The van der Waals surface area contributed by atoms with Gasteiger partial charge in [-0.2, -0.15) is 0 Å². The van der Waals surface area contributed by atoms with Crippen molar-refractivity contribution >= 4 is 23.7 Å². The highest BCUT2D eigenvalue weighted by molar-refractivity contribution is 5.75. The van der Waals surface area contributed by atoms with Crippen LogP contribution in [0, 0.1) is 0 Å². The van der Waals surface area contributed by atoms with Gasteiger partial charge in [0.1, 0.15) is 5.75 Å². The Bertz CT molecular complexity index is 1150. The van der Waals surface area contributed by atoms with Gasteiger partial charge in [0.25, 0.3) is 0 Å². The topological polar surface area (TPSA) is 65.6 Å². The molecule has 0 saturated carbocycles. The van der Waals surface area contributed by atoms with Crippen LogP contribution in [0.3, 0.4) is 0 Å². The number of amides is 1. The third kappa shape index (κ3) is 21.9. The number of likely N-dealkylation sites (tertiary alicyclic amines) is 1. The Morgan fingerprint density at radius 1 is 1.04 bits per heavy atom. The molecule has 278 valence electrons. The van der Waals surface area contributed by atoms with E-state index in [-0.39, 0.29) is 0 Å². The van der Waals surface area contributed by atoms with Crippen LogP contribution in [0.15, 0.2) is 47.7 Å². The van der Waals surface area contributed by atoms with Gasteiger partial charge in [0.2, 0.25) is 6.41 Å². The van der Waals surface area contributed by atoms with Crippen molar-refractivity contribution in [1.82, 2.24) is 15.5 Å². The maximum Gasteiger partial charge on any atom is 0.211 e. The van der Waals surface area contributed by atoms with Crippen LogP contribution >= 0.6 is 0 Å². The van der Waals surface area contributed by atoms with E-state index in [4.69, 9.17) is 4.74 Å². The molecule has 6 heteroatoms. The second-order valence-electron chi connectivity index (χ2n) is 12.5. The molecule has 48 heavy (non-hydrogen) atoms. The molecule has 0 aliphatic carbocycles. The number of carbonyl (C=O) groups excluding carboxylic acids is 1. The van der Waals surface area contributed by atoms with E-state index in [1.165, 1.54) is 66.2 Å². The van der Waals surface area contributed by atoms with Crippen LogP contribution in [-0.2, 0) is 4.79 Å². The van der Waals surface area contributed by atoms with Crippen molar-refractivity contribution < 1.29 is 9.53 Å². The van der Waals surface area contributed by atoms with Crippen LogP contribution in [0.25, 0.3) is 11.6 Å². The molecule has 1 aliphatic heterocycles. The number of ether oxygens (including phenoxy) is 1. The van der Waals surface area contributed by atoms with E-state index in [2.05, 4.69) is 115 Å². The van der Waals surface area contributed by atoms with Crippen LogP contribution < -0.4 is 31.1 Å². The quantitative estimate of drug-likeness (QED) is 0.172. The minimum absolute atomic E-state index is 0.353. The Morgan fingerprint density at radius 3 is 2.10 bits per heavy atom. The number of carbonyl (C=O) groups is 1. The standard InChI is InChI=1S/C15H21NO2.C13H21N.C10H23N.C2H7N.C2H6/c1-5-7-12-8-14(16-10-17)15(18-4)9-13(12)11(3)6-2;1-5-6-7-8-11(2)13-9-10-14(4)12(13)3;1-5-7-8-10(3,4)11-9-6-2;1-3-2;1-2/h7-10H,5-6H2,1-4H3,(H,16,17);7-8H,3,5-6,9-10H2,1-2,4H3;11H,5-9H2,1-4H3;3H,1-2H3;1-2H3/b12-7+,13-11+;8-7-,13-11-;;;. The molecule has 6 nitrogen and oxygen atoms in total. The molecule has 2 rings (SSSR count). The van der Waals surface area contributed by atoms with E-state index in [0.29, 0.717) is 23.4 Å². The van der Waals surface area contributed by atoms with Gasteiger partial charge < -0.3 is 25.6 Å². The van der Waals surface area contributed by atoms with Gasteiger partial charge in [0.15, 0.2) is 0 Å². The molecule has 1 amide bonds. The molecule has 0 aromatic heterocycles. The van der Waals surface area contributed by atoms with Crippen molar-refractivity contribution in [3.63, 3.8) is 0 Å². The maximum atomic E-state index is 10.6. The fraction of sp³-hybridized carbons (Fsp3) is 0.643. The summed E-state index contributed by atoms with van der Waals surface area (Å²) in [6, 6.07) is 3.96. The number of rotatable bonds is 14. The Kier molecular flexibility index (Phi) is 32.5. The summed E-state index contributed by atoms with van der Waals surface area (Å²) in [5.41, 5.74) is 6.38. The first-order valence-electron chi connectivity index (χ1n) is 18.6. The molecule has 1 aromatic carbocycles. The van der Waals surface area contributed by atoms with E-state index < -0.39 is 0 Å². The Balaban J connectivity index is -0.000000607. The average molecular weight is 671 g/mol. The van der Waals surface area contributed by atoms with E-state index in [1.807, 2.05) is 40.1 Å². The summed E-state index contributed by atoms with van der Waals surface area (Å²) in [5, 5.41) is 11.3. The number of nitrogens with one attached hydrogen (secondary N) is 3. The predicted molar refractivity (Wildman–Crippen MR) is 217 cm³/mol. The lowest BCUT2D eigenvalue weighted by atomic mass is 9.97. The largest absolute Gasteiger partial charge is 0.495 e. The third-order valence-electron chi connectivity index (χ3n) is 7.81. The van der Waals surface area contributed by atoms with Crippen LogP contribution in [0.2, 0.25) is 0 Å². The smallest absolute Gasteiger partial charge is 0.211 e. The lowest BCUT2D eigenvalue weighted by molar-refractivity contribution is -0.105. The molecule has 0 spiro atoms. The highest BCUT2D eigenvalue weighted by Crippen LogP contribution is 2.27. The molecular formula is C42H78N4O2. The van der Waals surface area contributed by atoms with Crippen molar-refractivity contribution in [2.45, 2.75) is 139 Å². The fourth-order valence-electron chi connectivity index (χ4n) is 4.80. The zero-order valence-corrected chi connectivity index (χ0v) is 34.2. The summed E-state index contributed by atoms with van der Waals surface area (Å²) in [7, 11) is 7.47. The highest BCUT2D eigenvalue weighted by atomic mass is 16.5. The molecule has 1 aliphatic rings. The second kappa shape index (κ2) is 31.4. The van der Waals surface area contributed by atoms with E-state index in [0.717, 1.165) is 37.6 Å². The van der Waals surface area contributed by atoms with Crippen LogP contribution in [0.1, 0.15) is 134 Å². The number of nitrogens with zero attached hydrogens (tertiary/aromatic N) is 1. The van der Waals surface area contributed by atoms with Gasteiger partial charge in [0, 0.05) is 24.8 Å². The summed E-state index contributed by atoms with van der Waals surface area (Å²) in [5.74, 6) is 0.693. The maximum absolute atomic E-state index is 10.6. The second-order valence-corrected chi connectivity index (χ2v) is 12.5. The van der Waals surface area contributed by atoms with E-state index >= 15 is 0 Å². The minimum Gasteiger partial charge on any atom is -0.495 e. The van der Waals surface area contributed by atoms with Gasteiger partial charge in [-0.25, -0.2) is 0 Å². The zero-order chi connectivity index (χ0) is 37.5. The Hall–Kier alpha value is -2.83. The molecule has 3 N–H and O–H groups in total. The first-order valence-corrected chi connectivity index (χ1v) is 18.6. The fourth-order valence-corrected chi connectivity index (χ4v) is 4.80. The molecule has 0 atom stereocenters. The minimum atomic E-state index is 0.353. The molecule has 1 heterocycles. The highest BCUT2D eigenvalue weighted by Gasteiger charge is 2.17. The zero-order valence-electron chi connectivity index (χ0n) is 34.2. The number of hydrogen-bond acceptors (Lipinski definition) is 5. The predicted octanol–water partition coefficient (Wildman–Crippen LogP) is 9.36. The average Bonchev–Trinajstić information content (AvgIpc) is 3.42. The molecule has 1 saturated heterocycles. The van der Waals surface area contributed by atoms with Crippen LogP contribution in [0.4, 0.5) is 5.69 Å². The SMILES string of the molecule is C=C1/C(=C(C)\C=C/CCC)CCN1C.CC.CC/C=c1\cc(NC=O)c(OC)c\c1=C(\C)CC.CCCCC(C)(C)NCCC.CNC. The molecular weight excluding hydrogens is 592 g/mol. The number of methoxy groups -OCH3 is 1. The third-order valence-corrected chi connectivity index (χ3v) is 7.81. The normalized spacial score (nSPS) is 14.4. The monoisotopic (exact) mass is 671 g/mol. The molecule has 0 radical (unpaired) electrons. The Labute approximate surface area is 298 Å². The molecule has 1 fully saturated rings. The number of likely N-dealkylation sites (N-methyl/N-ethyl adjacent to an activating group) is 1. The summed E-state index contributed by atoms with van der Waals surface area (Å²) in [6.45, 7) is 30.1. The molecule has 1 aromatic rings. The van der Waals surface area contributed by atoms with Crippen molar-refractivity contribution in [1.29, 1.82) is 0 Å². The van der Waals surface area contributed by atoms with Crippen molar-refractivity contribution in [3.8, 4) is 5.75 Å². The van der Waals surface area contributed by atoms with Gasteiger partial charge in [-0.1, -0.05) is 98.1 Å². The molecule has 0 bridgehead atoms. The number of benzene rings is 1. The summed E-state index contributed by atoms with van der Waals surface area (Å²) in [6.07, 6.45) is 18.0. The first-order chi connectivity index (χ1) is 22.9. The van der Waals surface area contributed by atoms with Crippen LogP contribution in [-0.4, -0.2) is 58.2 Å². The lowest BCUT2D eigenvalue weighted by Crippen LogP contribution is -2.39. The number of hydrogen-bond donors (Lipinski definition) is 3. The van der Waals surface area contributed by atoms with Gasteiger partial charge in [-0.05, 0) is 121 Å². The summed E-state index contributed by atoms with van der Waals surface area (Å²) >= 11 is 0.